The summed E-state index contributed by atoms with van der Waals surface area (Å²) < 4.78 is 43.8. The van der Waals surface area contributed by atoms with Crippen molar-refractivity contribution < 1.29 is 66.8 Å². The van der Waals surface area contributed by atoms with Gasteiger partial charge in [0.1, 0.15) is 18.3 Å². The normalized spacial score (nSPS) is 35.9. The van der Waals surface area contributed by atoms with Crippen molar-refractivity contribution in [1.29, 1.82) is 0 Å². The molecule has 1 fully saturated rings. The van der Waals surface area contributed by atoms with Gasteiger partial charge in [-0.25, -0.2) is 0 Å². The van der Waals surface area contributed by atoms with Gasteiger partial charge in [-0.3, -0.25) is 0 Å². The van der Waals surface area contributed by atoms with Crippen LogP contribution in [0.1, 0.15) is 6.92 Å². The van der Waals surface area contributed by atoms with Crippen molar-refractivity contribution in [2.75, 3.05) is 0 Å². The van der Waals surface area contributed by atoms with E-state index >= 15 is 0 Å². The zero-order valence-electron chi connectivity index (χ0n) is 11.6. The first-order chi connectivity index (χ1) is 10.5. The number of hydrogen-bond acceptors (Lipinski definition) is 14. The van der Waals surface area contributed by atoms with Crippen LogP contribution in [0.5, 0.6) is 0 Å². The van der Waals surface area contributed by atoms with Crippen molar-refractivity contribution in [2.45, 2.75) is 37.4 Å². The maximum Gasteiger partial charge on any atom is 0.118 e. The highest BCUT2D eigenvalue weighted by Crippen LogP contribution is 2.45. The van der Waals surface area contributed by atoms with Crippen LogP contribution in [0, 0.1) is 5.92 Å². The van der Waals surface area contributed by atoms with Crippen molar-refractivity contribution in [1.82, 2.24) is 0 Å². The molecule has 1 saturated carbocycles. The minimum atomic E-state index is -5.89. The van der Waals surface area contributed by atoms with E-state index in [0.717, 1.165) is 6.92 Å². The molecule has 0 amide bonds. The van der Waals surface area contributed by atoms with Crippen LogP contribution in [0.3, 0.4) is 0 Å². The molecule has 0 heterocycles. The molecule has 17 heteroatoms. The number of phosphoric acid groups is 3. The lowest BCUT2D eigenvalue weighted by atomic mass is 9.79. The van der Waals surface area contributed by atoms with E-state index in [-0.39, 0.29) is 0 Å². The fourth-order valence-corrected chi connectivity index (χ4v) is 3.93. The van der Waals surface area contributed by atoms with E-state index in [0.29, 0.717) is 0 Å². The molecule has 0 unspecified atom stereocenters. The predicted octanol–water partition coefficient (Wildman–Crippen LogP) is -6.00. The predicted molar refractivity (Wildman–Crippen MR) is 58.6 cm³/mol. The quantitative estimate of drug-likeness (QED) is 0.385. The fourth-order valence-electron chi connectivity index (χ4n) is 2.23. The lowest BCUT2D eigenvalue weighted by Gasteiger charge is -2.51. The van der Waals surface area contributed by atoms with Gasteiger partial charge >= 0.3 is 0 Å². The van der Waals surface area contributed by atoms with E-state index in [9.17, 15) is 53.3 Å². The van der Waals surface area contributed by atoms with Gasteiger partial charge in [0.15, 0.2) is 0 Å². The molecule has 2 N–H and O–H groups in total. The summed E-state index contributed by atoms with van der Waals surface area (Å²) >= 11 is 0. The third kappa shape index (κ3) is 6.52. The molecular weight excluding hydrogens is 401 g/mol. The molecular formula is C7H11O14P3-6. The zero-order chi connectivity index (χ0) is 19.1. The Morgan fingerprint density at radius 3 is 1.38 bits per heavy atom. The summed E-state index contributed by atoms with van der Waals surface area (Å²) in [6.45, 7) is 0.935. The third-order valence-corrected chi connectivity index (χ3v) is 4.65. The molecule has 1 rings (SSSR count). The second kappa shape index (κ2) is 7.47. The molecule has 0 aromatic heterocycles. The Morgan fingerprint density at radius 1 is 0.667 bits per heavy atom. The smallest absolute Gasteiger partial charge is 0.118 e. The first-order valence-corrected chi connectivity index (χ1v) is 10.4. The molecule has 0 aromatic rings. The van der Waals surface area contributed by atoms with Gasteiger partial charge < -0.3 is 66.8 Å². The third-order valence-electron chi connectivity index (χ3n) is 3.14. The molecule has 14 nitrogen and oxygen atoms in total. The summed E-state index contributed by atoms with van der Waals surface area (Å²) in [5.74, 6) is -1.60. The average Bonchev–Trinajstić information content (AvgIpc) is 2.32. The molecule has 6 atom stereocenters. The van der Waals surface area contributed by atoms with Crippen LogP contribution in [0.15, 0.2) is 0 Å². The molecule has 24 heavy (non-hydrogen) atoms. The van der Waals surface area contributed by atoms with Crippen LogP contribution in [0.2, 0.25) is 0 Å². The molecule has 0 aromatic carbocycles. The molecule has 0 saturated heterocycles. The second-order valence-corrected chi connectivity index (χ2v) is 8.21. The van der Waals surface area contributed by atoms with Gasteiger partial charge in [0.05, 0.1) is 35.7 Å². The van der Waals surface area contributed by atoms with E-state index < -0.39 is 59.9 Å². The maximum absolute atomic E-state index is 10.7. The van der Waals surface area contributed by atoms with Crippen molar-refractivity contribution in [3.63, 3.8) is 0 Å². The number of aliphatic hydroxyl groups is 2. The molecule has 0 aliphatic heterocycles. The van der Waals surface area contributed by atoms with Gasteiger partial charge in [-0.15, -0.1) is 0 Å². The topological polar surface area (TPSA) is 258 Å². The zero-order valence-corrected chi connectivity index (χ0v) is 14.3. The Hall–Kier alpha value is 0.250. The van der Waals surface area contributed by atoms with Crippen LogP contribution in [-0.2, 0) is 27.3 Å². The van der Waals surface area contributed by atoms with Crippen LogP contribution in [-0.4, -0.2) is 40.7 Å². The summed E-state index contributed by atoms with van der Waals surface area (Å²) in [6.07, 6.45) is -11.5. The number of rotatable bonds is 6. The van der Waals surface area contributed by atoms with E-state index in [2.05, 4.69) is 13.6 Å². The Balaban J connectivity index is 3.23. The van der Waals surface area contributed by atoms with Crippen LogP contribution in [0.4, 0.5) is 0 Å². The Kier molecular flexibility index (Phi) is 6.94. The van der Waals surface area contributed by atoms with E-state index in [4.69, 9.17) is 0 Å². The summed E-state index contributed by atoms with van der Waals surface area (Å²) in [6, 6.07) is 0. The van der Waals surface area contributed by atoms with E-state index in [1.807, 2.05) is 0 Å². The first kappa shape index (κ1) is 22.3. The van der Waals surface area contributed by atoms with Gasteiger partial charge in [0.2, 0.25) is 0 Å². The molecule has 0 bridgehead atoms. The van der Waals surface area contributed by atoms with Gasteiger partial charge in [-0.1, -0.05) is 6.92 Å². The number of hydrogen-bond donors (Lipinski definition) is 2. The first-order valence-electron chi connectivity index (χ1n) is 5.99. The van der Waals surface area contributed by atoms with E-state index in [1.54, 1.807) is 0 Å². The van der Waals surface area contributed by atoms with Crippen LogP contribution < -0.4 is 29.4 Å². The lowest BCUT2D eigenvalue weighted by Crippen LogP contribution is -2.63. The van der Waals surface area contributed by atoms with Crippen molar-refractivity contribution >= 4 is 23.5 Å². The SMILES string of the molecule is C[C@H]1[C@@H](O)[C@@H](OP(=O)([O-])[O-])[C@H](O)[C@@H](OP(=O)([O-])[O-])[C@@H]1OP(=O)([O-])[O-]. The molecule has 1 aliphatic carbocycles. The monoisotopic (exact) mass is 412 g/mol. The molecule has 144 valence electrons. The molecule has 0 spiro atoms. The van der Waals surface area contributed by atoms with Crippen molar-refractivity contribution in [2.24, 2.45) is 5.92 Å². The standard InChI is InChI=1S/C7H17O14P3/c1-2-3(8)6(20-23(13,14)15)4(9)7(21-24(16,17)18)5(2)19-22(10,11)12/h2-9H,1H3,(H2,10,11,12)(H2,13,14,15)(H2,16,17,18)/p-6/t2-,3+,4-,5+,6+,7+/m0/s1. The minimum absolute atomic E-state index is 0.935. The highest BCUT2D eigenvalue weighted by atomic mass is 31.2. The van der Waals surface area contributed by atoms with Crippen LogP contribution in [0.25, 0.3) is 0 Å². The van der Waals surface area contributed by atoms with E-state index in [1.165, 1.54) is 0 Å². The minimum Gasteiger partial charge on any atom is -0.790 e. The lowest BCUT2D eigenvalue weighted by molar-refractivity contribution is -0.369. The summed E-state index contributed by atoms with van der Waals surface area (Å²) in [7, 11) is -17.5. The average molecular weight is 412 g/mol. The number of phosphoric ester groups is 3. The van der Waals surface area contributed by atoms with Gasteiger partial charge in [-0.05, 0) is 0 Å². The molecule has 1 aliphatic rings. The van der Waals surface area contributed by atoms with Crippen molar-refractivity contribution in [3.8, 4) is 0 Å². The fraction of sp³-hybridized carbons (Fsp3) is 1.00. The Morgan fingerprint density at radius 2 is 1.00 bits per heavy atom. The Labute approximate surface area is 134 Å². The summed E-state index contributed by atoms with van der Waals surface area (Å²) in [5.41, 5.74) is 0. The van der Waals surface area contributed by atoms with Crippen LogP contribution >= 0.6 is 23.5 Å². The highest BCUT2D eigenvalue weighted by Gasteiger charge is 2.51. The van der Waals surface area contributed by atoms with Gasteiger partial charge in [0.25, 0.3) is 0 Å². The van der Waals surface area contributed by atoms with Gasteiger partial charge in [-0.2, -0.15) is 0 Å². The maximum atomic E-state index is 10.7. The van der Waals surface area contributed by atoms with Gasteiger partial charge in [0, 0.05) is 5.92 Å². The largest absolute Gasteiger partial charge is 0.790 e. The van der Waals surface area contributed by atoms with Crippen molar-refractivity contribution in [3.05, 3.63) is 0 Å². The summed E-state index contributed by atoms with van der Waals surface area (Å²) in [5, 5.41) is 19.6. The molecule has 0 radical (unpaired) electrons. The highest BCUT2D eigenvalue weighted by molar-refractivity contribution is 7.43. The second-order valence-electron chi connectivity index (χ2n) is 4.89. The number of aliphatic hydroxyl groups excluding tert-OH is 2. The Bertz CT molecular complexity index is 575. The summed E-state index contributed by atoms with van der Waals surface area (Å²) in [4.78, 5) is 64.1.